The van der Waals surface area contributed by atoms with Crippen molar-refractivity contribution in [1.29, 1.82) is 0 Å². The number of nitrogens with two attached hydrogens (primary N) is 1. The van der Waals surface area contributed by atoms with E-state index in [4.69, 9.17) is 5.73 Å². The Kier molecular flexibility index (Phi) is 4.03. The number of pyridine rings is 1. The lowest BCUT2D eigenvalue weighted by Gasteiger charge is -2.26. The summed E-state index contributed by atoms with van der Waals surface area (Å²) in [7, 11) is 0. The van der Waals surface area contributed by atoms with Crippen molar-refractivity contribution in [2.24, 2.45) is 5.73 Å². The molecular weight excluding hydrogens is 266 g/mol. The summed E-state index contributed by atoms with van der Waals surface area (Å²) in [5, 5.41) is 4.37. The van der Waals surface area contributed by atoms with Gasteiger partial charge in [-0.2, -0.15) is 11.3 Å². The van der Waals surface area contributed by atoms with Crippen LogP contribution in [0.2, 0.25) is 0 Å². The zero-order valence-electron chi connectivity index (χ0n) is 11.8. The lowest BCUT2D eigenvalue weighted by Crippen LogP contribution is -2.28. The van der Waals surface area contributed by atoms with E-state index >= 15 is 0 Å². The van der Waals surface area contributed by atoms with Crippen molar-refractivity contribution in [3.63, 3.8) is 0 Å². The maximum Gasteiger partial charge on any atom is 0.132 e. The second kappa shape index (κ2) is 5.94. The van der Waals surface area contributed by atoms with E-state index in [1.165, 1.54) is 24.0 Å². The average molecular weight is 287 g/mol. The third-order valence-electron chi connectivity index (χ3n) is 3.60. The van der Waals surface area contributed by atoms with Crippen LogP contribution in [0.25, 0.3) is 0 Å². The fourth-order valence-electron chi connectivity index (χ4n) is 2.54. The molecule has 1 aliphatic rings. The molecule has 106 valence electrons. The molecule has 4 heteroatoms. The molecule has 2 N–H and O–H groups in total. The van der Waals surface area contributed by atoms with Gasteiger partial charge < -0.3 is 10.6 Å². The third-order valence-corrected chi connectivity index (χ3v) is 4.33. The Morgan fingerprint density at radius 2 is 2.30 bits per heavy atom. The second-order valence-electron chi connectivity index (χ2n) is 5.66. The van der Waals surface area contributed by atoms with Gasteiger partial charge in [-0.1, -0.05) is 6.07 Å². The minimum atomic E-state index is 0.167. The van der Waals surface area contributed by atoms with Crippen molar-refractivity contribution in [2.75, 3.05) is 4.90 Å². The molecule has 0 radical (unpaired) electrons. The van der Waals surface area contributed by atoms with Crippen molar-refractivity contribution < 1.29 is 0 Å². The summed E-state index contributed by atoms with van der Waals surface area (Å²) in [6.07, 6.45) is 5.33. The fourth-order valence-corrected chi connectivity index (χ4v) is 3.20. The molecule has 3 rings (SSSR count). The highest BCUT2D eigenvalue weighted by molar-refractivity contribution is 7.07. The summed E-state index contributed by atoms with van der Waals surface area (Å²) < 4.78 is 0. The van der Waals surface area contributed by atoms with Crippen LogP contribution in [-0.2, 0) is 13.0 Å². The predicted octanol–water partition coefficient (Wildman–Crippen LogP) is 3.20. The van der Waals surface area contributed by atoms with Crippen LogP contribution in [0.5, 0.6) is 0 Å². The number of nitrogens with zero attached hydrogens (tertiary/aromatic N) is 2. The highest BCUT2D eigenvalue weighted by atomic mass is 32.1. The number of thiophene rings is 1. The molecule has 0 bridgehead atoms. The standard InChI is InChI=1S/C16H21N3S/c1-12(17)9-14-3-2-7-18-16(14)19(15-4-5-15)10-13-6-8-20-11-13/h2-3,6-8,11-12,15H,4-5,9-10,17H2,1H3. The first-order valence-corrected chi connectivity index (χ1v) is 8.15. The molecule has 1 saturated carbocycles. The first-order chi connectivity index (χ1) is 9.74. The Balaban J connectivity index is 1.87. The Morgan fingerprint density at radius 3 is 2.95 bits per heavy atom. The second-order valence-corrected chi connectivity index (χ2v) is 6.44. The van der Waals surface area contributed by atoms with Gasteiger partial charge in [0.15, 0.2) is 0 Å². The van der Waals surface area contributed by atoms with Gasteiger partial charge in [-0.25, -0.2) is 4.98 Å². The summed E-state index contributed by atoms with van der Waals surface area (Å²) in [5.74, 6) is 1.12. The van der Waals surface area contributed by atoms with E-state index in [0.717, 1.165) is 18.8 Å². The van der Waals surface area contributed by atoms with E-state index in [2.05, 4.69) is 39.7 Å². The van der Waals surface area contributed by atoms with Crippen molar-refractivity contribution in [3.8, 4) is 0 Å². The van der Waals surface area contributed by atoms with Gasteiger partial charge in [0.2, 0.25) is 0 Å². The van der Waals surface area contributed by atoms with E-state index in [1.807, 2.05) is 12.3 Å². The maximum absolute atomic E-state index is 5.98. The minimum Gasteiger partial charge on any atom is -0.349 e. The van der Waals surface area contributed by atoms with Crippen molar-refractivity contribution in [2.45, 2.75) is 44.8 Å². The first-order valence-electron chi connectivity index (χ1n) is 7.21. The van der Waals surface area contributed by atoms with Gasteiger partial charge in [-0.05, 0) is 60.2 Å². The Morgan fingerprint density at radius 1 is 1.45 bits per heavy atom. The molecule has 1 fully saturated rings. The molecule has 1 unspecified atom stereocenters. The molecule has 0 aromatic carbocycles. The van der Waals surface area contributed by atoms with Gasteiger partial charge in [0.05, 0.1) is 0 Å². The topological polar surface area (TPSA) is 42.1 Å². The van der Waals surface area contributed by atoms with Crippen LogP contribution in [0.1, 0.15) is 30.9 Å². The molecule has 0 amide bonds. The normalized spacial score (nSPS) is 16.1. The molecule has 0 saturated heterocycles. The average Bonchev–Trinajstić information content (AvgIpc) is 3.14. The van der Waals surface area contributed by atoms with Gasteiger partial charge in [0, 0.05) is 24.8 Å². The Hall–Kier alpha value is -1.39. The molecule has 0 aliphatic heterocycles. The molecule has 1 aliphatic carbocycles. The van der Waals surface area contributed by atoms with Crippen LogP contribution in [-0.4, -0.2) is 17.1 Å². The number of hydrogen-bond donors (Lipinski definition) is 1. The van der Waals surface area contributed by atoms with Crippen molar-refractivity contribution in [3.05, 3.63) is 46.3 Å². The summed E-state index contributed by atoms with van der Waals surface area (Å²) in [6, 6.07) is 7.19. The van der Waals surface area contributed by atoms with Gasteiger partial charge in [0.25, 0.3) is 0 Å². The van der Waals surface area contributed by atoms with Gasteiger partial charge in [-0.3, -0.25) is 0 Å². The van der Waals surface area contributed by atoms with E-state index in [0.29, 0.717) is 6.04 Å². The maximum atomic E-state index is 5.98. The predicted molar refractivity (Wildman–Crippen MR) is 85.1 cm³/mol. The van der Waals surface area contributed by atoms with Crippen LogP contribution in [0, 0.1) is 0 Å². The van der Waals surface area contributed by atoms with E-state index in [9.17, 15) is 0 Å². The molecule has 1 atom stereocenters. The minimum absolute atomic E-state index is 0.167. The first kappa shape index (κ1) is 13.6. The molecule has 3 nitrogen and oxygen atoms in total. The quantitative estimate of drug-likeness (QED) is 0.887. The van der Waals surface area contributed by atoms with E-state index in [-0.39, 0.29) is 6.04 Å². The van der Waals surface area contributed by atoms with Crippen LogP contribution >= 0.6 is 11.3 Å². The lowest BCUT2D eigenvalue weighted by atomic mass is 10.1. The summed E-state index contributed by atoms with van der Waals surface area (Å²) in [5.41, 5.74) is 8.62. The fraction of sp³-hybridized carbons (Fsp3) is 0.438. The SMILES string of the molecule is CC(N)Cc1cccnc1N(Cc1ccsc1)C1CC1. The third kappa shape index (κ3) is 3.19. The number of aromatic nitrogens is 1. The highest BCUT2D eigenvalue weighted by Gasteiger charge is 2.31. The zero-order chi connectivity index (χ0) is 13.9. The van der Waals surface area contributed by atoms with Gasteiger partial charge in [0.1, 0.15) is 5.82 Å². The number of rotatable bonds is 6. The highest BCUT2D eigenvalue weighted by Crippen LogP contribution is 2.34. The summed E-state index contributed by atoms with van der Waals surface area (Å²) in [4.78, 5) is 7.11. The largest absolute Gasteiger partial charge is 0.349 e. The Labute approximate surface area is 124 Å². The van der Waals surface area contributed by atoms with Crippen LogP contribution in [0.15, 0.2) is 35.2 Å². The number of anilines is 1. The molecule has 2 aromatic heterocycles. The van der Waals surface area contributed by atoms with Crippen LogP contribution in [0.4, 0.5) is 5.82 Å². The monoisotopic (exact) mass is 287 g/mol. The smallest absolute Gasteiger partial charge is 0.132 e. The number of hydrogen-bond acceptors (Lipinski definition) is 4. The van der Waals surface area contributed by atoms with Crippen LogP contribution < -0.4 is 10.6 Å². The molecule has 2 aromatic rings. The summed E-state index contributed by atoms with van der Waals surface area (Å²) >= 11 is 1.76. The zero-order valence-corrected chi connectivity index (χ0v) is 12.6. The van der Waals surface area contributed by atoms with E-state index < -0.39 is 0 Å². The molecular formula is C16H21N3S. The van der Waals surface area contributed by atoms with Gasteiger partial charge >= 0.3 is 0 Å². The van der Waals surface area contributed by atoms with Gasteiger partial charge in [-0.15, -0.1) is 0 Å². The van der Waals surface area contributed by atoms with Crippen LogP contribution in [0.3, 0.4) is 0 Å². The molecule has 2 heterocycles. The Bertz CT molecular complexity index is 547. The van der Waals surface area contributed by atoms with Crippen molar-refractivity contribution >= 4 is 17.2 Å². The van der Waals surface area contributed by atoms with Crippen molar-refractivity contribution in [1.82, 2.24) is 4.98 Å². The van der Waals surface area contributed by atoms with E-state index in [1.54, 1.807) is 11.3 Å². The lowest BCUT2D eigenvalue weighted by molar-refractivity contribution is 0.716. The molecule has 0 spiro atoms. The molecule has 20 heavy (non-hydrogen) atoms. The summed E-state index contributed by atoms with van der Waals surface area (Å²) in [6.45, 7) is 3.01.